The van der Waals surface area contributed by atoms with Crippen molar-refractivity contribution in [3.05, 3.63) is 29.3 Å². The largest absolute Gasteiger partial charge is 0.310 e. The van der Waals surface area contributed by atoms with Crippen molar-refractivity contribution < 1.29 is 0 Å². The SMILES string of the molecule is CCC(NCc1cn[nH]c1-c1cccs1)C1CCCCC1. The van der Waals surface area contributed by atoms with Crippen molar-refractivity contribution >= 4 is 11.3 Å². The van der Waals surface area contributed by atoms with Crippen molar-refractivity contribution in [2.75, 3.05) is 0 Å². The summed E-state index contributed by atoms with van der Waals surface area (Å²) in [7, 11) is 0. The van der Waals surface area contributed by atoms with Crippen molar-refractivity contribution in [3.63, 3.8) is 0 Å². The Morgan fingerprint density at radius 2 is 2.24 bits per heavy atom. The Balaban J connectivity index is 1.63. The van der Waals surface area contributed by atoms with Gasteiger partial charge in [0.15, 0.2) is 0 Å². The van der Waals surface area contributed by atoms with Gasteiger partial charge in [-0.15, -0.1) is 11.3 Å². The number of H-pyrrole nitrogens is 1. The van der Waals surface area contributed by atoms with Crippen molar-refractivity contribution in [2.45, 2.75) is 58.0 Å². The average Bonchev–Trinajstić information content (AvgIpc) is 3.20. The number of aromatic amines is 1. The first-order valence-corrected chi connectivity index (χ1v) is 9.06. The second-order valence-corrected chi connectivity index (χ2v) is 6.99. The van der Waals surface area contributed by atoms with Gasteiger partial charge < -0.3 is 5.32 Å². The number of rotatable bonds is 6. The standard InChI is InChI=1S/C17H25N3S/c1-2-15(13-7-4-3-5-8-13)18-11-14-12-19-20-17(14)16-9-6-10-21-16/h6,9-10,12-13,15,18H,2-5,7-8,11H2,1H3,(H,19,20). The summed E-state index contributed by atoms with van der Waals surface area (Å²) >= 11 is 1.76. The molecule has 1 atom stereocenters. The Kier molecular flexibility index (Phi) is 5.09. The van der Waals surface area contributed by atoms with Crippen molar-refractivity contribution in [1.29, 1.82) is 0 Å². The van der Waals surface area contributed by atoms with E-state index in [1.54, 1.807) is 11.3 Å². The zero-order chi connectivity index (χ0) is 14.5. The van der Waals surface area contributed by atoms with Crippen LogP contribution in [0, 0.1) is 5.92 Å². The van der Waals surface area contributed by atoms with Gasteiger partial charge in [-0.3, -0.25) is 5.10 Å². The normalized spacial score (nSPS) is 18.0. The van der Waals surface area contributed by atoms with E-state index in [4.69, 9.17) is 0 Å². The minimum absolute atomic E-state index is 0.649. The number of nitrogens with one attached hydrogen (secondary N) is 2. The van der Waals surface area contributed by atoms with Gasteiger partial charge in [-0.2, -0.15) is 5.10 Å². The summed E-state index contributed by atoms with van der Waals surface area (Å²) in [4.78, 5) is 1.27. The minimum Gasteiger partial charge on any atom is -0.310 e. The molecular formula is C17H25N3S. The highest BCUT2D eigenvalue weighted by Crippen LogP contribution is 2.29. The maximum atomic E-state index is 4.24. The molecule has 0 aliphatic heterocycles. The quantitative estimate of drug-likeness (QED) is 0.819. The van der Waals surface area contributed by atoms with E-state index in [9.17, 15) is 0 Å². The summed E-state index contributed by atoms with van der Waals surface area (Å²) in [5, 5.41) is 13.3. The van der Waals surface area contributed by atoms with Gasteiger partial charge in [-0.25, -0.2) is 0 Å². The summed E-state index contributed by atoms with van der Waals surface area (Å²) in [6.07, 6.45) is 10.2. The van der Waals surface area contributed by atoms with E-state index in [2.05, 4.69) is 40.0 Å². The Hall–Kier alpha value is -1.13. The highest BCUT2D eigenvalue weighted by molar-refractivity contribution is 7.13. The van der Waals surface area contributed by atoms with Crippen LogP contribution in [-0.4, -0.2) is 16.2 Å². The molecule has 1 saturated carbocycles. The van der Waals surface area contributed by atoms with Gasteiger partial charge in [0.2, 0.25) is 0 Å². The van der Waals surface area contributed by atoms with Crippen LogP contribution < -0.4 is 5.32 Å². The maximum absolute atomic E-state index is 4.24. The van der Waals surface area contributed by atoms with Crippen LogP contribution >= 0.6 is 11.3 Å². The first-order valence-electron chi connectivity index (χ1n) is 8.18. The molecular weight excluding hydrogens is 278 g/mol. The predicted molar refractivity (Wildman–Crippen MR) is 89.4 cm³/mol. The molecule has 3 nitrogen and oxygen atoms in total. The molecule has 114 valence electrons. The zero-order valence-electron chi connectivity index (χ0n) is 12.8. The third kappa shape index (κ3) is 3.55. The van der Waals surface area contributed by atoms with Crippen molar-refractivity contribution in [2.24, 2.45) is 5.92 Å². The van der Waals surface area contributed by atoms with E-state index in [1.807, 2.05) is 6.20 Å². The Labute approximate surface area is 131 Å². The number of thiophene rings is 1. The average molecular weight is 303 g/mol. The first kappa shape index (κ1) is 14.8. The fraction of sp³-hybridized carbons (Fsp3) is 0.588. The Morgan fingerprint density at radius 3 is 2.95 bits per heavy atom. The lowest BCUT2D eigenvalue weighted by Gasteiger charge is -2.30. The van der Waals surface area contributed by atoms with Crippen molar-refractivity contribution in [1.82, 2.24) is 15.5 Å². The summed E-state index contributed by atoms with van der Waals surface area (Å²) < 4.78 is 0. The lowest BCUT2D eigenvalue weighted by atomic mass is 9.83. The number of nitrogens with zero attached hydrogens (tertiary/aromatic N) is 1. The van der Waals surface area contributed by atoms with Gasteiger partial charge in [0.05, 0.1) is 16.8 Å². The van der Waals surface area contributed by atoms with E-state index in [1.165, 1.54) is 54.7 Å². The predicted octanol–water partition coefficient (Wildman–Crippen LogP) is 4.59. The van der Waals surface area contributed by atoms with Gasteiger partial charge in [0.25, 0.3) is 0 Å². The smallest absolute Gasteiger partial charge is 0.0794 e. The molecule has 2 aromatic rings. The molecule has 3 rings (SSSR count). The van der Waals surface area contributed by atoms with Crippen LogP contribution in [0.3, 0.4) is 0 Å². The molecule has 2 aromatic heterocycles. The fourth-order valence-electron chi connectivity index (χ4n) is 3.50. The summed E-state index contributed by atoms with van der Waals surface area (Å²) in [5.74, 6) is 0.862. The third-order valence-corrected chi connectivity index (χ3v) is 5.59. The van der Waals surface area contributed by atoms with Crippen LogP contribution in [-0.2, 0) is 6.54 Å². The first-order chi connectivity index (χ1) is 10.4. The van der Waals surface area contributed by atoms with Gasteiger partial charge in [0, 0.05) is 18.2 Å². The van der Waals surface area contributed by atoms with E-state index in [0.717, 1.165) is 12.5 Å². The number of hydrogen-bond donors (Lipinski definition) is 2. The van der Waals surface area contributed by atoms with Crippen molar-refractivity contribution in [3.8, 4) is 10.6 Å². The van der Waals surface area contributed by atoms with E-state index in [-0.39, 0.29) is 0 Å². The highest BCUT2D eigenvalue weighted by atomic mass is 32.1. The highest BCUT2D eigenvalue weighted by Gasteiger charge is 2.22. The maximum Gasteiger partial charge on any atom is 0.0794 e. The second-order valence-electron chi connectivity index (χ2n) is 6.04. The third-order valence-electron chi connectivity index (χ3n) is 4.70. The lowest BCUT2D eigenvalue weighted by molar-refractivity contribution is 0.262. The molecule has 0 aromatic carbocycles. The summed E-state index contributed by atoms with van der Waals surface area (Å²) in [5.41, 5.74) is 2.46. The van der Waals surface area contributed by atoms with Gasteiger partial charge in [-0.1, -0.05) is 32.3 Å². The molecule has 1 aliphatic carbocycles. The molecule has 1 fully saturated rings. The van der Waals surface area contributed by atoms with Crippen LogP contribution in [0.5, 0.6) is 0 Å². The van der Waals surface area contributed by atoms with Crippen LogP contribution in [0.25, 0.3) is 10.6 Å². The van der Waals surface area contributed by atoms with Gasteiger partial charge >= 0.3 is 0 Å². The molecule has 0 radical (unpaired) electrons. The van der Waals surface area contributed by atoms with Gasteiger partial charge in [0.1, 0.15) is 0 Å². The number of hydrogen-bond acceptors (Lipinski definition) is 3. The topological polar surface area (TPSA) is 40.7 Å². The molecule has 4 heteroatoms. The Morgan fingerprint density at radius 1 is 1.38 bits per heavy atom. The monoisotopic (exact) mass is 303 g/mol. The van der Waals surface area contributed by atoms with Crippen LogP contribution in [0.4, 0.5) is 0 Å². The molecule has 2 heterocycles. The second kappa shape index (κ2) is 7.23. The molecule has 0 bridgehead atoms. The molecule has 0 saturated heterocycles. The molecule has 1 unspecified atom stereocenters. The molecule has 0 amide bonds. The fourth-order valence-corrected chi connectivity index (χ4v) is 4.26. The minimum atomic E-state index is 0.649. The van der Waals surface area contributed by atoms with Gasteiger partial charge in [-0.05, 0) is 36.6 Å². The van der Waals surface area contributed by atoms with E-state index >= 15 is 0 Å². The molecule has 21 heavy (non-hydrogen) atoms. The van der Waals surface area contributed by atoms with Crippen LogP contribution in [0.1, 0.15) is 51.0 Å². The van der Waals surface area contributed by atoms with Crippen LogP contribution in [0.15, 0.2) is 23.7 Å². The summed E-state index contributed by atoms with van der Waals surface area (Å²) in [6.45, 7) is 3.22. The molecule has 2 N–H and O–H groups in total. The zero-order valence-corrected chi connectivity index (χ0v) is 13.6. The van der Waals surface area contributed by atoms with E-state index in [0.29, 0.717) is 6.04 Å². The Bertz CT molecular complexity index is 526. The van der Waals surface area contributed by atoms with E-state index < -0.39 is 0 Å². The van der Waals surface area contributed by atoms with Crippen LogP contribution in [0.2, 0.25) is 0 Å². The summed E-state index contributed by atoms with van der Waals surface area (Å²) in [6, 6.07) is 4.89. The molecule has 1 aliphatic rings. The lowest BCUT2D eigenvalue weighted by Crippen LogP contribution is -2.36. The number of aromatic nitrogens is 2. The molecule has 0 spiro atoms.